The summed E-state index contributed by atoms with van der Waals surface area (Å²) in [6, 6.07) is 10.4. The van der Waals surface area contributed by atoms with Crippen LogP contribution in [-0.2, 0) is 6.54 Å². The smallest absolute Gasteiger partial charge is 0.226 e. The number of ether oxygens (including phenoxy) is 1. The van der Waals surface area contributed by atoms with E-state index in [2.05, 4.69) is 45.8 Å². The summed E-state index contributed by atoms with van der Waals surface area (Å²) in [5.74, 6) is 1.65. The highest BCUT2D eigenvalue weighted by molar-refractivity contribution is 6.28. The first-order chi connectivity index (χ1) is 12.1. The number of halogens is 1. The standard InChI is InChI=1S/C19H23ClN4O/c1-4-5-13(2)21-17-16-10-11-24(18(16)23-19(20)22-17)12-14-6-8-15(25-3)9-7-14/h6-11,13H,4-5,12H2,1-3H3,(H,21,22,23). The van der Waals surface area contributed by atoms with Gasteiger partial charge in [0.1, 0.15) is 17.2 Å². The van der Waals surface area contributed by atoms with Crippen molar-refractivity contribution in [1.82, 2.24) is 14.5 Å². The van der Waals surface area contributed by atoms with Crippen LogP contribution in [0.4, 0.5) is 5.82 Å². The number of fused-ring (bicyclic) bond motifs is 1. The van der Waals surface area contributed by atoms with Crippen LogP contribution in [0.3, 0.4) is 0 Å². The molecular formula is C19H23ClN4O. The highest BCUT2D eigenvalue weighted by Crippen LogP contribution is 2.25. The number of benzene rings is 1. The van der Waals surface area contributed by atoms with E-state index < -0.39 is 0 Å². The van der Waals surface area contributed by atoms with E-state index in [1.54, 1.807) is 7.11 Å². The average molecular weight is 359 g/mol. The van der Waals surface area contributed by atoms with Gasteiger partial charge < -0.3 is 14.6 Å². The molecule has 132 valence electrons. The maximum absolute atomic E-state index is 6.16. The van der Waals surface area contributed by atoms with Gasteiger partial charge in [-0.25, -0.2) is 4.98 Å². The first-order valence-electron chi connectivity index (χ1n) is 8.52. The Labute approximate surface area is 153 Å². The Morgan fingerprint density at radius 1 is 1.20 bits per heavy atom. The van der Waals surface area contributed by atoms with Crippen LogP contribution in [0, 0.1) is 0 Å². The van der Waals surface area contributed by atoms with Crippen LogP contribution < -0.4 is 10.1 Å². The molecule has 1 aromatic carbocycles. The van der Waals surface area contributed by atoms with Gasteiger partial charge in [-0.15, -0.1) is 0 Å². The number of anilines is 1. The molecule has 3 aromatic rings. The molecule has 2 aromatic heterocycles. The lowest BCUT2D eigenvalue weighted by Gasteiger charge is -2.14. The summed E-state index contributed by atoms with van der Waals surface area (Å²) in [7, 11) is 1.67. The molecule has 0 aliphatic carbocycles. The Morgan fingerprint density at radius 2 is 1.96 bits per heavy atom. The van der Waals surface area contributed by atoms with Gasteiger partial charge in [0.15, 0.2) is 0 Å². The van der Waals surface area contributed by atoms with E-state index in [4.69, 9.17) is 16.3 Å². The third-order valence-corrected chi connectivity index (χ3v) is 4.38. The minimum atomic E-state index is 0.258. The molecule has 3 rings (SSSR count). The van der Waals surface area contributed by atoms with Crippen molar-refractivity contribution < 1.29 is 4.74 Å². The van der Waals surface area contributed by atoms with Crippen LogP contribution in [0.2, 0.25) is 5.28 Å². The van der Waals surface area contributed by atoms with Crippen LogP contribution in [0.15, 0.2) is 36.5 Å². The fourth-order valence-electron chi connectivity index (χ4n) is 2.94. The molecule has 1 unspecified atom stereocenters. The summed E-state index contributed by atoms with van der Waals surface area (Å²) in [4.78, 5) is 8.81. The zero-order chi connectivity index (χ0) is 17.8. The van der Waals surface area contributed by atoms with Crippen molar-refractivity contribution >= 4 is 28.5 Å². The molecule has 25 heavy (non-hydrogen) atoms. The molecule has 0 radical (unpaired) electrons. The van der Waals surface area contributed by atoms with Gasteiger partial charge in [-0.05, 0) is 48.7 Å². The molecule has 0 aliphatic heterocycles. The molecule has 0 aliphatic rings. The van der Waals surface area contributed by atoms with Gasteiger partial charge in [-0.1, -0.05) is 25.5 Å². The Bertz CT molecular complexity index is 845. The first-order valence-corrected chi connectivity index (χ1v) is 8.90. The number of rotatable bonds is 7. The van der Waals surface area contributed by atoms with Gasteiger partial charge in [0.05, 0.1) is 12.5 Å². The Hall–Kier alpha value is -2.27. The second-order valence-corrected chi connectivity index (χ2v) is 6.54. The van der Waals surface area contributed by atoms with Crippen molar-refractivity contribution in [3.8, 4) is 5.75 Å². The topological polar surface area (TPSA) is 52.0 Å². The zero-order valence-corrected chi connectivity index (χ0v) is 15.5. The lowest BCUT2D eigenvalue weighted by molar-refractivity contribution is 0.414. The zero-order valence-electron chi connectivity index (χ0n) is 14.8. The van der Waals surface area contributed by atoms with Gasteiger partial charge in [0.2, 0.25) is 5.28 Å². The number of methoxy groups -OCH3 is 1. The van der Waals surface area contributed by atoms with Crippen molar-refractivity contribution in [1.29, 1.82) is 0 Å². The van der Waals surface area contributed by atoms with Gasteiger partial charge >= 0.3 is 0 Å². The Kier molecular flexibility index (Phi) is 5.43. The molecule has 2 heterocycles. The normalized spacial score (nSPS) is 12.3. The number of hydrogen-bond acceptors (Lipinski definition) is 4. The van der Waals surface area contributed by atoms with Crippen molar-refractivity contribution in [2.24, 2.45) is 0 Å². The summed E-state index contributed by atoms with van der Waals surface area (Å²) >= 11 is 6.16. The summed E-state index contributed by atoms with van der Waals surface area (Å²) in [5, 5.41) is 4.70. The highest BCUT2D eigenvalue weighted by Gasteiger charge is 2.13. The van der Waals surface area contributed by atoms with E-state index >= 15 is 0 Å². The SMILES string of the molecule is CCCC(C)Nc1nc(Cl)nc2c1ccn2Cc1ccc(OC)cc1. The van der Waals surface area contributed by atoms with Gasteiger partial charge in [-0.2, -0.15) is 4.98 Å². The largest absolute Gasteiger partial charge is 0.497 e. The van der Waals surface area contributed by atoms with Gasteiger partial charge in [0.25, 0.3) is 0 Å². The van der Waals surface area contributed by atoms with E-state index in [1.807, 2.05) is 24.4 Å². The van der Waals surface area contributed by atoms with E-state index in [9.17, 15) is 0 Å². The molecule has 6 heteroatoms. The molecule has 0 fully saturated rings. The fourth-order valence-corrected chi connectivity index (χ4v) is 3.11. The third-order valence-electron chi connectivity index (χ3n) is 4.21. The van der Waals surface area contributed by atoms with E-state index in [-0.39, 0.29) is 5.28 Å². The van der Waals surface area contributed by atoms with Crippen LogP contribution >= 0.6 is 11.6 Å². The lowest BCUT2D eigenvalue weighted by atomic mass is 10.2. The maximum Gasteiger partial charge on any atom is 0.226 e. The Balaban J connectivity index is 1.90. The predicted octanol–water partition coefficient (Wildman–Crippen LogP) is 4.74. The summed E-state index contributed by atoms with van der Waals surface area (Å²) in [6.07, 6.45) is 4.22. The number of aromatic nitrogens is 3. The monoisotopic (exact) mass is 358 g/mol. The molecule has 1 atom stereocenters. The average Bonchev–Trinajstić information content (AvgIpc) is 2.98. The molecule has 0 saturated carbocycles. The van der Waals surface area contributed by atoms with E-state index in [1.165, 1.54) is 5.56 Å². The Morgan fingerprint density at radius 3 is 2.64 bits per heavy atom. The van der Waals surface area contributed by atoms with E-state index in [0.717, 1.165) is 35.4 Å². The van der Waals surface area contributed by atoms with Gasteiger partial charge in [-0.3, -0.25) is 0 Å². The number of nitrogens with zero attached hydrogens (tertiary/aromatic N) is 3. The second kappa shape index (κ2) is 7.74. The molecule has 5 nitrogen and oxygen atoms in total. The van der Waals surface area contributed by atoms with Crippen molar-refractivity contribution in [2.75, 3.05) is 12.4 Å². The second-order valence-electron chi connectivity index (χ2n) is 6.20. The minimum Gasteiger partial charge on any atom is -0.497 e. The third kappa shape index (κ3) is 4.04. The fraction of sp³-hybridized carbons (Fsp3) is 0.368. The summed E-state index contributed by atoms with van der Waals surface area (Å²) in [6.45, 7) is 5.04. The molecule has 0 amide bonds. The molecule has 1 N–H and O–H groups in total. The highest BCUT2D eigenvalue weighted by atomic mass is 35.5. The number of nitrogens with one attached hydrogen (secondary N) is 1. The molecular weight excluding hydrogens is 336 g/mol. The first kappa shape index (κ1) is 17.5. The van der Waals surface area contributed by atoms with Gasteiger partial charge in [0, 0.05) is 18.8 Å². The molecule has 0 bridgehead atoms. The predicted molar refractivity (Wildman–Crippen MR) is 103 cm³/mol. The van der Waals surface area contributed by atoms with Crippen LogP contribution in [0.25, 0.3) is 11.0 Å². The number of hydrogen-bond donors (Lipinski definition) is 1. The van der Waals surface area contributed by atoms with Crippen LogP contribution in [-0.4, -0.2) is 27.7 Å². The van der Waals surface area contributed by atoms with Crippen molar-refractivity contribution in [2.45, 2.75) is 39.3 Å². The van der Waals surface area contributed by atoms with Crippen LogP contribution in [0.5, 0.6) is 5.75 Å². The van der Waals surface area contributed by atoms with Crippen molar-refractivity contribution in [3.05, 3.63) is 47.4 Å². The summed E-state index contributed by atoms with van der Waals surface area (Å²) < 4.78 is 7.29. The lowest BCUT2D eigenvalue weighted by Crippen LogP contribution is -2.16. The quantitative estimate of drug-likeness (QED) is 0.619. The molecule has 0 spiro atoms. The summed E-state index contributed by atoms with van der Waals surface area (Å²) in [5.41, 5.74) is 2.00. The van der Waals surface area contributed by atoms with Crippen LogP contribution in [0.1, 0.15) is 32.3 Å². The molecule has 0 saturated heterocycles. The van der Waals surface area contributed by atoms with Crippen molar-refractivity contribution in [3.63, 3.8) is 0 Å². The maximum atomic E-state index is 6.16. The minimum absolute atomic E-state index is 0.258. The van der Waals surface area contributed by atoms with E-state index in [0.29, 0.717) is 12.6 Å².